The third kappa shape index (κ3) is 2.44. The van der Waals surface area contributed by atoms with Crippen molar-refractivity contribution in [2.75, 3.05) is 0 Å². The number of nitrogens with one attached hydrogen (secondary N) is 1. The summed E-state index contributed by atoms with van der Waals surface area (Å²) in [5.41, 5.74) is 2.63. The van der Waals surface area contributed by atoms with E-state index in [9.17, 15) is 4.79 Å². The molecule has 0 spiro atoms. The van der Waals surface area contributed by atoms with Crippen molar-refractivity contribution in [2.24, 2.45) is 7.05 Å². The lowest BCUT2D eigenvalue weighted by Gasteiger charge is -2.09. The molecule has 3 rings (SSSR count). The van der Waals surface area contributed by atoms with Gasteiger partial charge in [0.05, 0.1) is 5.25 Å². The Morgan fingerprint density at radius 1 is 1.38 bits per heavy atom. The Kier molecular flexibility index (Phi) is 3.50. The van der Waals surface area contributed by atoms with Gasteiger partial charge >= 0.3 is 0 Å². The van der Waals surface area contributed by atoms with E-state index in [0.29, 0.717) is 5.16 Å². The number of thioether (sulfide) groups is 1. The van der Waals surface area contributed by atoms with Crippen molar-refractivity contribution in [3.05, 3.63) is 35.5 Å². The molecular formula is C14H15N5OS. The van der Waals surface area contributed by atoms with Crippen LogP contribution < -0.4 is 0 Å². The highest BCUT2D eigenvalue weighted by Gasteiger charge is 2.23. The van der Waals surface area contributed by atoms with Crippen molar-refractivity contribution in [1.82, 2.24) is 25.2 Å². The minimum absolute atomic E-state index is 0.0814. The van der Waals surface area contributed by atoms with Crippen LogP contribution in [0.1, 0.15) is 23.0 Å². The van der Waals surface area contributed by atoms with E-state index in [0.717, 1.165) is 22.2 Å². The first kappa shape index (κ1) is 13.8. The number of hydrogen-bond donors (Lipinski definition) is 1. The van der Waals surface area contributed by atoms with E-state index in [1.165, 1.54) is 11.8 Å². The van der Waals surface area contributed by atoms with E-state index in [1.54, 1.807) is 11.7 Å². The molecule has 3 aromatic rings. The number of tetrazole rings is 1. The molecule has 0 fully saturated rings. The van der Waals surface area contributed by atoms with Gasteiger partial charge in [0.1, 0.15) is 0 Å². The van der Waals surface area contributed by atoms with Crippen LogP contribution in [0.2, 0.25) is 0 Å². The van der Waals surface area contributed by atoms with E-state index in [1.807, 2.05) is 38.1 Å². The highest BCUT2D eigenvalue weighted by atomic mass is 32.2. The standard InChI is InChI=1S/C14H15N5OS/c1-8-12(10-6-4-5-7-11(10)15-8)13(20)9(2)21-14-16-17-18-19(14)3/h4-7,9,15H,1-3H3. The zero-order valence-electron chi connectivity index (χ0n) is 12.0. The zero-order chi connectivity index (χ0) is 15.0. The Bertz CT molecular complexity index is 807. The molecule has 6 nitrogen and oxygen atoms in total. The first-order chi connectivity index (χ1) is 10.1. The Morgan fingerprint density at radius 3 is 2.86 bits per heavy atom. The van der Waals surface area contributed by atoms with Gasteiger partial charge < -0.3 is 4.98 Å². The van der Waals surface area contributed by atoms with Gasteiger partial charge in [-0.05, 0) is 30.3 Å². The second-order valence-corrected chi connectivity index (χ2v) is 6.19. The number of carbonyl (C=O) groups excluding carboxylic acids is 1. The number of carbonyl (C=O) groups is 1. The maximum absolute atomic E-state index is 12.8. The number of para-hydroxylation sites is 1. The lowest BCUT2D eigenvalue weighted by atomic mass is 10.1. The van der Waals surface area contributed by atoms with Crippen LogP contribution in [-0.2, 0) is 7.05 Å². The van der Waals surface area contributed by atoms with Crippen molar-refractivity contribution >= 4 is 28.4 Å². The molecule has 0 radical (unpaired) electrons. The smallest absolute Gasteiger partial charge is 0.209 e. The van der Waals surface area contributed by atoms with Crippen molar-refractivity contribution in [3.63, 3.8) is 0 Å². The third-order valence-electron chi connectivity index (χ3n) is 3.37. The predicted octanol–water partition coefficient (Wildman–Crippen LogP) is 2.36. The first-order valence-electron chi connectivity index (χ1n) is 6.58. The summed E-state index contributed by atoms with van der Waals surface area (Å²) < 4.78 is 1.57. The number of aryl methyl sites for hydroxylation is 2. The zero-order valence-corrected chi connectivity index (χ0v) is 12.8. The fraction of sp³-hybridized carbons (Fsp3) is 0.286. The molecule has 0 aliphatic rings. The monoisotopic (exact) mass is 301 g/mol. The molecule has 1 unspecified atom stereocenters. The van der Waals surface area contributed by atoms with Crippen LogP contribution in [0, 0.1) is 6.92 Å². The number of hydrogen-bond acceptors (Lipinski definition) is 5. The Morgan fingerprint density at radius 2 is 2.14 bits per heavy atom. The maximum atomic E-state index is 12.8. The van der Waals surface area contributed by atoms with Crippen molar-refractivity contribution in [2.45, 2.75) is 24.3 Å². The molecule has 2 heterocycles. The molecule has 0 saturated heterocycles. The minimum atomic E-state index is -0.257. The van der Waals surface area contributed by atoms with Gasteiger partial charge in [0.2, 0.25) is 5.16 Å². The van der Waals surface area contributed by atoms with E-state index < -0.39 is 0 Å². The molecule has 108 valence electrons. The quantitative estimate of drug-likeness (QED) is 0.591. The molecule has 21 heavy (non-hydrogen) atoms. The van der Waals surface area contributed by atoms with Gasteiger partial charge in [0.15, 0.2) is 5.78 Å². The van der Waals surface area contributed by atoms with Crippen LogP contribution in [-0.4, -0.2) is 36.2 Å². The van der Waals surface area contributed by atoms with Crippen LogP contribution in [0.4, 0.5) is 0 Å². The van der Waals surface area contributed by atoms with Crippen LogP contribution in [0.15, 0.2) is 29.4 Å². The van der Waals surface area contributed by atoms with Crippen molar-refractivity contribution < 1.29 is 4.79 Å². The molecule has 0 saturated carbocycles. The van der Waals surface area contributed by atoms with Crippen molar-refractivity contribution in [3.8, 4) is 0 Å². The molecule has 0 amide bonds. The second kappa shape index (κ2) is 5.33. The number of benzene rings is 1. The fourth-order valence-corrected chi connectivity index (χ4v) is 3.14. The minimum Gasteiger partial charge on any atom is -0.358 e. The van der Waals surface area contributed by atoms with E-state index in [-0.39, 0.29) is 11.0 Å². The number of ketones is 1. The number of aromatic amines is 1. The first-order valence-corrected chi connectivity index (χ1v) is 7.46. The van der Waals surface area contributed by atoms with Crippen molar-refractivity contribution in [1.29, 1.82) is 0 Å². The van der Waals surface area contributed by atoms with Gasteiger partial charge in [-0.1, -0.05) is 30.0 Å². The molecule has 0 aliphatic heterocycles. The summed E-state index contributed by atoms with van der Waals surface area (Å²) in [6.07, 6.45) is 0. The average Bonchev–Trinajstić information content (AvgIpc) is 3.01. The lowest BCUT2D eigenvalue weighted by molar-refractivity contribution is 0.0995. The summed E-state index contributed by atoms with van der Waals surface area (Å²) in [4.78, 5) is 16.0. The molecule has 1 atom stereocenters. The Balaban J connectivity index is 1.93. The number of H-pyrrole nitrogens is 1. The summed E-state index contributed by atoms with van der Waals surface area (Å²) in [5, 5.41) is 12.6. The summed E-state index contributed by atoms with van der Waals surface area (Å²) in [6.45, 7) is 3.80. The van der Waals surface area contributed by atoms with Gasteiger partial charge in [-0.15, -0.1) is 5.10 Å². The van der Waals surface area contributed by atoms with Gasteiger partial charge in [-0.3, -0.25) is 4.79 Å². The molecule has 0 bridgehead atoms. The molecular weight excluding hydrogens is 286 g/mol. The molecule has 0 aliphatic carbocycles. The Hall–Kier alpha value is -2.15. The van der Waals surface area contributed by atoms with Gasteiger partial charge in [0.25, 0.3) is 0 Å². The number of nitrogens with zero attached hydrogens (tertiary/aromatic N) is 4. The number of fused-ring (bicyclic) bond motifs is 1. The van der Waals surface area contributed by atoms with Gasteiger partial charge in [-0.2, -0.15) is 0 Å². The maximum Gasteiger partial charge on any atom is 0.209 e. The second-order valence-electron chi connectivity index (χ2n) is 4.88. The number of aromatic nitrogens is 5. The SMILES string of the molecule is Cc1[nH]c2ccccc2c1C(=O)C(C)Sc1nnnn1C. The molecule has 1 aromatic carbocycles. The van der Waals surface area contributed by atoms with Crippen LogP contribution in [0.5, 0.6) is 0 Å². The molecule has 1 N–H and O–H groups in total. The summed E-state index contributed by atoms with van der Waals surface area (Å²) in [6, 6.07) is 7.84. The molecule has 7 heteroatoms. The summed E-state index contributed by atoms with van der Waals surface area (Å²) in [7, 11) is 1.76. The summed E-state index contributed by atoms with van der Waals surface area (Å²) >= 11 is 1.36. The normalized spacial score (nSPS) is 12.7. The van der Waals surface area contributed by atoms with Gasteiger partial charge in [-0.25, -0.2) is 4.68 Å². The highest BCUT2D eigenvalue weighted by molar-refractivity contribution is 8.00. The van der Waals surface area contributed by atoms with Crippen LogP contribution in [0.3, 0.4) is 0 Å². The third-order valence-corrected chi connectivity index (χ3v) is 4.50. The Labute approximate surface area is 125 Å². The van der Waals surface area contributed by atoms with E-state index in [2.05, 4.69) is 20.5 Å². The molecule has 2 aromatic heterocycles. The lowest BCUT2D eigenvalue weighted by Crippen LogP contribution is -2.15. The fourth-order valence-electron chi connectivity index (χ4n) is 2.33. The average molecular weight is 301 g/mol. The number of rotatable bonds is 4. The number of Topliss-reactive ketones (excluding diaryl/α,β-unsaturated/α-hetero) is 1. The van der Waals surface area contributed by atoms with Crippen LogP contribution in [0.25, 0.3) is 10.9 Å². The van der Waals surface area contributed by atoms with E-state index >= 15 is 0 Å². The largest absolute Gasteiger partial charge is 0.358 e. The highest BCUT2D eigenvalue weighted by Crippen LogP contribution is 2.28. The topological polar surface area (TPSA) is 76.5 Å². The van der Waals surface area contributed by atoms with Gasteiger partial charge in [0, 0.05) is 29.2 Å². The van der Waals surface area contributed by atoms with E-state index in [4.69, 9.17) is 0 Å². The predicted molar refractivity (Wildman–Crippen MR) is 81.5 cm³/mol. The summed E-state index contributed by atoms with van der Waals surface area (Å²) in [5.74, 6) is 0.0814. The van der Waals surface area contributed by atoms with Crippen LogP contribution >= 0.6 is 11.8 Å².